The summed E-state index contributed by atoms with van der Waals surface area (Å²) in [4.78, 5) is 38.8. The zero-order chi connectivity index (χ0) is 27.2. The van der Waals surface area contributed by atoms with Crippen LogP contribution in [0.1, 0.15) is 54.3 Å². The summed E-state index contributed by atoms with van der Waals surface area (Å²) in [6.07, 6.45) is 2.79. The lowest BCUT2D eigenvalue weighted by atomic mass is 9.92. The molecule has 0 radical (unpaired) electrons. The molecular weight excluding hydrogens is 484 g/mol. The first kappa shape index (κ1) is 27.1. The van der Waals surface area contributed by atoms with Crippen molar-refractivity contribution in [1.82, 2.24) is 15.4 Å². The van der Waals surface area contributed by atoms with E-state index < -0.39 is 11.9 Å². The second-order valence-electron chi connectivity index (χ2n) is 9.88. The molecule has 1 amide bonds. The molecule has 9 heteroatoms. The third-order valence-corrected chi connectivity index (χ3v) is 6.74. The molecule has 0 bridgehead atoms. The molecule has 1 unspecified atom stereocenters. The Bertz CT molecular complexity index is 1270. The standard InChI is InChI=1S/C29H34N4O5/c1-18(34)16-21-4-6-23(7-5-21)24-8-10-25(11-9-24)33-14-12-22(13-15-33)17-26-30-19(2)28(36)27(31-26)29(37)32-38-20(3)35/h4-11,18,22,34,36H,12-17H2,1-3H3,(H,32,37). The van der Waals surface area contributed by atoms with Crippen LogP contribution in [0, 0.1) is 12.8 Å². The summed E-state index contributed by atoms with van der Waals surface area (Å²) in [6.45, 7) is 6.36. The van der Waals surface area contributed by atoms with Gasteiger partial charge in [-0.25, -0.2) is 9.97 Å². The number of nitrogens with one attached hydrogen (secondary N) is 1. The van der Waals surface area contributed by atoms with Crippen molar-refractivity contribution >= 4 is 17.6 Å². The van der Waals surface area contributed by atoms with E-state index in [-0.39, 0.29) is 17.5 Å². The summed E-state index contributed by atoms with van der Waals surface area (Å²) in [7, 11) is 0. The van der Waals surface area contributed by atoms with Crippen LogP contribution >= 0.6 is 0 Å². The summed E-state index contributed by atoms with van der Waals surface area (Å²) in [5.74, 6) is -0.965. The summed E-state index contributed by atoms with van der Waals surface area (Å²) < 4.78 is 0. The monoisotopic (exact) mass is 518 g/mol. The number of amides is 1. The van der Waals surface area contributed by atoms with Gasteiger partial charge < -0.3 is 20.0 Å². The molecule has 3 aromatic rings. The van der Waals surface area contributed by atoms with E-state index in [1.54, 1.807) is 13.8 Å². The average molecular weight is 519 g/mol. The van der Waals surface area contributed by atoms with E-state index >= 15 is 0 Å². The van der Waals surface area contributed by atoms with Crippen LogP contribution in [0.4, 0.5) is 5.69 Å². The van der Waals surface area contributed by atoms with Gasteiger partial charge in [0, 0.05) is 32.1 Å². The number of aliphatic hydroxyl groups excluding tert-OH is 1. The van der Waals surface area contributed by atoms with Crippen molar-refractivity contribution in [2.24, 2.45) is 5.92 Å². The molecule has 0 spiro atoms. The Morgan fingerprint density at radius 3 is 2.24 bits per heavy atom. The van der Waals surface area contributed by atoms with E-state index in [2.05, 4.69) is 68.2 Å². The predicted octanol–water partition coefficient (Wildman–Crippen LogP) is 3.75. The Morgan fingerprint density at radius 2 is 1.66 bits per heavy atom. The molecule has 9 nitrogen and oxygen atoms in total. The molecule has 2 aromatic carbocycles. The van der Waals surface area contributed by atoms with Crippen molar-refractivity contribution in [2.45, 2.75) is 52.6 Å². The smallest absolute Gasteiger partial charge is 0.329 e. The Kier molecular flexibility index (Phi) is 8.58. The lowest BCUT2D eigenvalue weighted by Crippen LogP contribution is -2.34. The Morgan fingerprint density at radius 1 is 1.05 bits per heavy atom. The van der Waals surface area contributed by atoms with Gasteiger partial charge in [0.15, 0.2) is 11.4 Å². The molecule has 3 N–H and O–H groups in total. The number of benzene rings is 2. The van der Waals surface area contributed by atoms with Gasteiger partial charge in [0.1, 0.15) is 5.82 Å². The highest BCUT2D eigenvalue weighted by atomic mass is 16.7. The van der Waals surface area contributed by atoms with Crippen LogP contribution < -0.4 is 10.4 Å². The number of hydrogen-bond acceptors (Lipinski definition) is 8. The van der Waals surface area contributed by atoms with Gasteiger partial charge >= 0.3 is 11.9 Å². The minimum atomic E-state index is -0.793. The van der Waals surface area contributed by atoms with Crippen molar-refractivity contribution in [3.05, 3.63) is 71.3 Å². The summed E-state index contributed by atoms with van der Waals surface area (Å²) >= 11 is 0. The fourth-order valence-corrected chi connectivity index (χ4v) is 4.73. The lowest BCUT2D eigenvalue weighted by Gasteiger charge is -2.33. The Labute approximate surface area is 222 Å². The number of aromatic nitrogens is 2. The van der Waals surface area contributed by atoms with Crippen molar-refractivity contribution in [2.75, 3.05) is 18.0 Å². The highest BCUT2D eigenvalue weighted by Crippen LogP contribution is 2.29. The van der Waals surface area contributed by atoms with Crippen LogP contribution in [-0.4, -0.2) is 51.3 Å². The molecule has 1 fully saturated rings. The van der Waals surface area contributed by atoms with Crippen molar-refractivity contribution < 1.29 is 24.6 Å². The van der Waals surface area contributed by atoms with Gasteiger partial charge in [-0.1, -0.05) is 36.4 Å². The van der Waals surface area contributed by atoms with Gasteiger partial charge in [-0.2, -0.15) is 5.48 Å². The van der Waals surface area contributed by atoms with Crippen LogP contribution in [0.15, 0.2) is 48.5 Å². The maximum Gasteiger partial charge on any atom is 0.329 e. The number of aryl methyl sites for hydroxylation is 1. The molecule has 1 aromatic heterocycles. The number of hydroxylamine groups is 1. The zero-order valence-corrected chi connectivity index (χ0v) is 22.0. The number of rotatable bonds is 7. The first-order valence-corrected chi connectivity index (χ1v) is 12.9. The van der Waals surface area contributed by atoms with Crippen LogP contribution in [-0.2, 0) is 22.5 Å². The van der Waals surface area contributed by atoms with Gasteiger partial charge in [-0.3, -0.25) is 9.59 Å². The molecule has 1 aliphatic heterocycles. The Balaban J connectivity index is 1.34. The summed E-state index contributed by atoms with van der Waals surface area (Å²) in [5.41, 5.74) is 6.69. The van der Waals surface area contributed by atoms with Crippen LogP contribution in [0.25, 0.3) is 11.1 Å². The van der Waals surface area contributed by atoms with Gasteiger partial charge in [-0.15, -0.1) is 0 Å². The van der Waals surface area contributed by atoms with Crippen molar-refractivity contribution in [3.8, 4) is 16.9 Å². The molecule has 200 valence electrons. The first-order valence-electron chi connectivity index (χ1n) is 12.9. The predicted molar refractivity (Wildman–Crippen MR) is 144 cm³/mol. The molecule has 1 aliphatic rings. The number of anilines is 1. The number of aromatic hydroxyl groups is 1. The van der Waals surface area contributed by atoms with Crippen LogP contribution in [0.5, 0.6) is 5.75 Å². The van der Waals surface area contributed by atoms with E-state index in [1.165, 1.54) is 5.69 Å². The third-order valence-electron chi connectivity index (χ3n) is 6.74. The molecule has 4 rings (SSSR count). The number of piperidine rings is 1. The minimum Gasteiger partial charge on any atom is -0.504 e. The van der Waals surface area contributed by atoms with Crippen molar-refractivity contribution in [1.29, 1.82) is 0 Å². The molecule has 38 heavy (non-hydrogen) atoms. The third kappa shape index (κ3) is 6.86. The van der Waals surface area contributed by atoms with Gasteiger partial charge in [-0.05, 0) is 67.9 Å². The van der Waals surface area contributed by atoms with E-state index in [9.17, 15) is 19.8 Å². The number of carbonyl (C=O) groups excluding carboxylic acids is 2. The normalized spacial score (nSPS) is 14.7. The SMILES string of the molecule is CC(=O)ONC(=O)c1nc(CC2CCN(c3ccc(-c4ccc(CC(C)O)cc4)cc3)CC2)nc(C)c1O. The van der Waals surface area contributed by atoms with Crippen molar-refractivity contribution in [3.63, 3.8) is 0 Å². The summed E-state index contributed by atoms with van der Waals surface area (Å²) in [6, 6.07) is 16.9. The highest BCUT2D eigenvalue weighted by Gasteiger charge is 2.24. The van der Waals surface area contributed by atoms with Crippen LogP contribution in [0.3, 0.4) is 0 Å². The fourth-order valence-electron chi connectivity index (χ4n) is 4.73. The van der Waals surface area contributed by atoms with E-state index in [0.717, 1.165) is 49.5 Å². The van der Waals surface area contributed by atoms with E-state index in [0.29, 0.717) is 30.3 Å². The van der Waals surface area contributed by atoms with Gasteiger partial charge in [0.05, 0.1) is 11.8 Å². The second-order valence-corrected chi connectivity index (χ2v) is 9.88. The second kappa shape index (κ2) is 12.0. The van der Waals surface area contributed by atoms with Gasteiger partial charge in [0.2, 0.25) is 0 Å². The zero-order valence-electron chi connectivity index (χ0n) is 22.0. The molecule has 1 saturated heterocycles. The average Bonchev–Trinajstić information content (AvgIpc) is 2.90. The van der Waals surface area contributed by atoms with E-state index in [4.69, 9.17) is 0 Å². The number of carbonyl (C=O) groups is 2. The first-order chi connectivity index (χ1) is 18.2. The molecule has 1 atom stereocenters. The molecule has 2 heterocycles. The fraction of sp³-hybridized carbons (Fsp3) is 0.379. The number of aliphatic hydroxyl groups is 1. The topological polar surface area (TPSA) is 125 Å². The maximum absolute atomic E-state index is 12.3. The van der Waals surface area contributed by atoms with E-state index in [1.807, 2.05) is 5.48 Å². The molecular formula is C29H34N4O5. The Hall–Kier alpha value is -3.98. The highest BCUT2D eigenvalue weighted by molar-refractivity contribution is 5.95. The number of nitrogens with zero attached hydrogens (tertiary/aromatic N) is 3. The molecule has 0 aliphatic carbocycles. The summed E-state index contributed by atoms with van der Waals surface area (Å²) in [5, 5.41) is 19.8. The quantitative estimate of drug-likeness (QED) is 0.404. The minimum absolute atomic E-state index is 0.205. The number of hydrogen-bond donors (Lipinski definition) is 3. The lowest BCUT2D eigenvalue weighted by molar-refractivity contribution is -0.146. The largest absolute Gasteiger partial charge is 0.504 e. The maximum atomic E-state index is 12.3. The van der Waals surface area contributed by atoms with Gasteiger partial charge in [0.25, 0.3) is 0 Å². The molecule has 0 saturated carbocycles. The van der Waals surface area contributed by atoms with Crippen LogP contribution in [0.2, 0.25) is 0 Å².